The summed E-state index contributed by atoms with van der Waals surface area (Å²) in [6.45, 7) is 7.55. The fourth-order valence-electron chi connectivity index (χ4n) is 2.17. The molecule has 2 rings (SSSR count). The lowest BCUT2D eigenvalue weighted by Crippen LogP contribution is -2.27. The number of carbonyl (C=O) groups is 1. The molecular formula is C15H23N5O. The van der Waals surface area contributed by atoms with Gasteiger partial charge in [0.1, 0.15) is 5.69 Å². The number of aromatic nitrogens is 4. The van der Waals surface area contributed by atoms with E-state index in [1.54, 1.807) is 22.8 Å². The Bertz CT molecular complexity index is 626. The summed E-state index contributed by atoms with van der Waals surface area (Å²) in [5.41, 5.74) is 2.58. The number of amides is 1. The van der Waals surface area contributed by atoms with E-state index >= 15 is 0 Å². The molecular weight excluding hydrogens is 266 g/mol. The van der Waals surface area contributed by atoms with E-state index in [1.165, 1.54) is 0 Å². The molecule has 2 aromatic rings. The van der Waals surface area contributed by atoms with Crippen LogP contribution in [0.25, 0.3) is 0 Å². The van der Waals surface area contributed by atoms with Crippen molar-refractivity contribution >= 4 is 5.91 Å². The van der Waals surface area contributed by atoms with Crippen molar-refractivity contribution in [1.82, 2.24) is 24.5 Å². The summed E-state index contributed by atoms with van der Waals surface area (Å²) in [6, 6.07) is 1.87. The average molecular weight is 289 g/mol. The number of hydrogen-bond acceptors (Lipinski definition) is 3. The Morgan fingerprint density at radius 1 is 1.43 bits per heavy atom. The minimum absolute atomic E-state index is 0.0267. The Balaban J connectivity index is 2.11. The molecule has 0 bridgehead atoms. The first-order valence-corrected chi connectivity index (χ1v) is 7.23. The molecule has 0 aliphatic carbocycles. The maximum atomic E-state index is 12.5. The smallest absolute Gasteiger partial charge is 0.272 e. The molecule has 0 atom stereocenters. The first kappa shape index (κ1) is 15.3. The molecule has 6 heteroatoms. The summed E-state index contributed by atoms with van der Waals surface area (Å²) in [5, 5.41) is 8.62. The highest BCUT2D eigenvalue weighted by atomic mass is 16.2. The molecule has 2 heterocycles. The van der Waals surface area contributed by atoms with E-state index in [4.69, 9.17) is 0 Å². The third-order valence-electron chi connectivity index (χ3n) is 3.49. The van der Waals surface area contributed by atoms with Gasteiger partial charge in [0.2, 0.25) is 0 Å². The molecule has 0 aliphatic rings. The molecule has 0 saturated heterocycles. The van der Waals surface area contributed by atoms with Gasteiger partial charge in [0.05, 0.1) is 11.9 Å². The zero-order valence-electron chi connectivity index (χ0n) is 13.4. The van der Waals surface area contributed by atoms with Gasteiger partial charge in [-0.2, -0.15) is 10.2 Å². The predicted octanol–water partition coefficient (Wildman–Crippen LogP) is 2.03. The molecule has 0 radical (unpaired) electrons. The maximum Gasteiger partial charge on any atom is 0.272 e. The fraction of sp³-hybridized carbons (Fsp3) is 0.533. The quantitative estimate of drug-likeness (QED) is 0.846. The number of rotatable bonds is 5. The molecule has 114 valence electrons. The summed E-state index contributed by atoms with van der Waals surface area (Å²) < 4.78 is 3.51. The third-order valence-corrected chi connectivity index (χ3v) is 3.49. The first-order valence-electron chi connectivity index (χ1n) is 7.23. The SMILES string of the molecule is CCn1cc(CN(C)C(=O)c2cc(C(C)C)nn2C)cn1. The highest BCUT2D eigenvalue weighted by Crippen LogP contribution is 2.15. The van der Waals surface area contributed by atoms with Crippen molar-refractivity contribution in [2.45, 2.75) is 39.8 Å². The first-order chi connectivity index (χ1) is 9.92. The number of nitrogens with zero attached hydrogens (tertiary/aromatic N) is 5. The molecule has 0 aliphatic heterocycles. The van der Waals surface area contributed by atoms with Gasteiger partial charge in [0.15, 0.2) is 0 Å². The molecule has 0 fully saturated rings. The van der Waals surface area contributed by atoms with Gasteiger partial charge in [0.25, 0.3) is 5.91 Å². The van der Waals surface area contributed by atoms with Gasteiger partial charge >= 0.3 is 0 Å². The largest absolute Gasteiger partial charge is 0.336 e. The molecule has 0 unspecified atom stereocenters. The lowest BCUT2D eigenvalue weighted by Gasteiger charge is -2.15. The molecule has 6 nitrogen and oxygen atoms in total. The minimum atomic E-state index is -0.0267. The van der Waals surface area contributed by atoms with Gasteiger partial charge in [-0.3, -0.25) is 14.2 Å². The lowest BCUT2D eigenvalue weighted by molar-refractivity contribution is 0.0774. The van der Waals surface area contributed by atoms with Crippen LogP contribution in [-0.2, 0) is 20.1 Å². The summed E-state index contributed by atoms with van der Waals surface area (Å²) in [7, 11) is 3.61. The molecule has 1 amide bonds. The van der Waals surface area contributed by atoms with Gasteiger partial charge in [-0.25, -0.2) is 0 Å². The van der Waals surface area contributed by atoms with Crippen molar-refractivity contribution in [2.24, 2.45) is 7.05 Å². The second-order valence-electron chi connectivity index (χ2n) is 5.60. The van der Waals surface area contributed by atoms with Gasteiger partial charge in [0, 0.05) is 38.9 Å². The van der Waals surface area contributed by atoms with Crippen LogP contribution >= 0.6 is 0 Å². The van der Waals surface area contributed by atoms with Crippen LogP contribution in [-0.4, -0.2) is 37.4 Å². The second-order valence-corrected chi connectivity index (χ2v) is 5.60. The molecule has 0 spiro atoms. The van der Waals surface area contributed by atoms with Crippen LogP contribution in [0.3, 0.4) is 0 Å². The van der Waals surface area contributed by atoms with Crippen LogP contribution in [0.1, 0.15) is 48.4 Å². The standard InChI is InChI=1S/C15H23N5O/c1-6-20-10-12(8-16-20)9-18(4)15(21)14-7-13(11(2)3)17-19(14)5/h7-8,10-11H,6,9H2,1-5H3. The molecule has 21 heavy (non-hydrogen) atoms. The summed E-state index contributed by atoms with van der Waals surface area (Å²) >= 11 is 0. The zero-order chi connectivity index (χ0) is 15.6. The van der Waals surface area contributed by atoms with E-state index in [-0.39, 0.29) is 5.91 Å². The Labute approximate surface area is 125 Å². The van der Waals surface area contributed by atoms with Crippen molar-refractivity contribution in [2.75, 3.05) is 7.05 Å². The van der Waals surface area contributed by atoms with Crippen molar-refractivity contribution in [3.63, 3.8) is 0 Å². The van der Waals surface area contributed by atoms with Crippen molar-refractivity contribution in [3.8, 4) is 0 Å². The number of aryl methyl sites for hydroxylation is 2. The van der Waals surface area contributed by atoms with Gasteiger partial charge in [-0.05, 0) is 18.9 Å². The molecule has 0 N–H and O–H groups in total. The van der Waals surface area contributed by atoms with E-state index < -0.39 is 0 Å². The van der Waals surface area contributed by atoms with Crippen LogP contribution in [0, 0.1) is 0 Å². The topological polar surface area (TPSA) is 56.0 Å². The second kappa shape index (κ2) is 6.11. The average Bonchev–Trinajstić information content (AvgIpc) is 3.04. The fourth-order valence-corrected chi connectivity index (χ4v) is 2.17. The van der Waals surface area contributed by atoms with E-state index in [1.807, 2.05) is 30.9 Å². The van der Waals surface area contributed by atoms with E-state index in [0.717, 1.165) is 17.8 Å². The summed E-state index contributed by atoms with van der Waals surface area (Å²) in [4.78, 5) is 14.2. The monoisotopic (exact) mass is 289 g/mol. The van der Waals surface area contributed by atoms with Crippen LogP contribution in [0.15, 0.2) is 18.5 Å². The van der Waals surface area contributed by atoms with Crippen LogP contribution in [0.4, 0.5) is 0 Å². The highest BCUT2D eigenvalue weighted by molar-refractivity contribution is 5.92. The Hall–Kier alpha value is -2.11. The van der Waals surface area contributed by atoms with Crippen LogP contribution < -0.4 is 0 Å². The van der Waals surface area contributed by atoms with Crippen molar-refractivity contribution < 1.29 is 4.79 Å². The summed E-state index contributed by atoms with van der Waals surface area (Å²) in [6.07, 6.45) is 3.77. The minimum Gasteiger partial charge on any atom is -0.336 e. The normalized spacial score (nSPS) is 11.1. The van der Waals surface area contributed by atoms with Crippen LogP contribution in [0.2, 0.25) is 0 Å². The molecule has 0 saturated carbocycles. The van der Waals surface area contributed by atoms with Crippen molar-refractivity contribution in [3.05, 3.63) is 35.4 Å². The molecule has 0 aromatic carbocycles. The van der Waals surface area contributed by atoms with Crippen LogP contribution in [0.5, 0.6) is 0 Å². The Morgan fingerprint density at radius 2 is 2.14 bits per heavy atom. The Morgan fingerprint density at radius 3 is 2.67 bits per heavy atom. The maximum absolute atomic E-state index is 12.5. The number of carbonyl (C=O) groups excluding carboxylic acids is 1. The van der Waals surface area contributed by atoms with Gasteiger partial charge in [-0.15, -0.1) is 0 Å². The third kappa shape index (κ3) is 3.32. The van der Waals surface area contributed by atoms with E-state index in [2.05, 4.69) is 24.0 Å². The van der Waals surface area contributed by atoms with E-state index in [0.29, 0.717) is 18.2 Å². The Kier molecular flexibility index (Phi) is 4.45. The van der Waals surface area contributed by atoms with Gasteiger partial charge < -0.3 is 4.90 Å². The van der Waals surface area contributed by atoms with Crippen molar-refractivity contribution in [1.29, 1.82) is 0 Å². The van der Waals surface area contributed by atoms with E-state index in [9.17, 15) is 4.79 Å². The molecule has 2 aromatic heterocycles. The number of hydrogen-bond donors (Lipinski definition) is 0. The summed E-state index contributed by atoms with van der Waals surface area (Å²) in [5.74, 6) is 0.284. The lowest BCUT2D eigenvalue weighted by atomic mass is 10.1. The van der Waals surface area contributed by atoms with Gasteiger partial charge in [-0.1, -0.05) is 13.8 Å². The zero-order valence-corrected chi connectivity index (χ0v) is 13.4. The highest BCUT2D eigenvalue weighted by Gasteiger charge is 2.19. The predicted molar refractivity (Wildman–Crippen MR) is 81.0 cm³/mol.